The van der Waals surface area contributed by atoms with Gasteiger partial charge in [0.25, 0.3) is 0 Å². The molecule has 2 aromatic carbocycles. The summed E-state index contributed by atoms with van der Waals surface area (Å²) in [6, 6.07) is 16.1. The maximum Gasteiger partial charge on any atom is 0.236 e. The summed E-state index contributed by atoms with van der Waals surface area (Å²) in [7, 11) is 5.22. The van der Waals surface area contributed by atoms with Gasteiger partial charge in [-0.05, 0) is 43.1 Å². The Morgan fingerprint density at radius 2 is 1.93 bits per heavy atom. The fourth-order valence-electron chi connectivity index (χ4n) is 3.71. The molecule has 1 aliphatic rings. The Morgan fingerprint density at radius 3 is 2.63 bits per heavy atom. The molecule has 0 N–H and O–H groups in total. The lowest BCUT2D eigenvalue weighted by Gasteiger charge is -2.28. The van der Waals surface area contributed by atoms with Crippen LogP contribution in [-0.2, 0) is 11.3 Å². The number of benzene rings is 2. The molecule has 5 heteroatoms. The third kappa shape index (κ3) is 4.61. The van der Waals surface area contributed by atoms with Gasteiger partial charge in [0.05, 0.1) is 20.8 Å². The van der Waals surface area contributed by atoms with Crippen molar-refractivity contribution in [2.75, 3.05) is 34.4 Å². The Hall–Kier alpha value is -2.53. The zero-order valence-electron chi connectivity index (χ0n) is 16.4. The van der Waals surface area contributed by atoms with Gasteiger partial charge in [0.2, 0.25) is 5.91 Å². The van der Waals surface area contributed by atoms with Crippen LogP contribution in [0, 0.1) is 0 Å². The molecule has 1 fully saturated rings. The van der Waals surface area contributed by atoms with Crippen molar-refractivity contribution < 1.29 is 14.3 Å². The van der Waals surface area contributed by atoms with Crippen LogP contribution in [0.4, 0.5) is 0 Å². The van der Waals surface area contributed by atoms with Gasteiger partial charge >= 0.3 is 0 Å². The van der Waals surface area contributed by atoms with Crippen molar-refractivity contribution in [3.8, 4) is 11.5 Å². The van der Waals surface area contributed by atoms with E-state index in [9.17, 15) is 4.79 Å². The van der Waals surface area contributed by atoms with E-state index in [1.54, 1.807) is 19.1 Å². The number of likely N-dealkylation sites (N-methyl/N-ethyl adjacent to an activating group) is 1. The first-order valence-electron chi connectivity index (χ1n) is 9.36. The summed E-state index contributed by atoms with van der Waals surface area (Å²) in [4.78, 5) is 16.8. The van der Waals surface area contributed by atoms with E-state index in [2.05, 4.69) is 4.90 Å². The summed E-state index contributed by atoms with van der Waals surface area (Å²) in [5.41, 5.74) is 2.23. The molecule has 1 atom stereocenters. The molecule has 0 radical (unpaired) electrons. The second-order valence-electron chi connectivity index (χ2n) is 6.97. The van der Waals surface area contributed by atoms with Gasteiger partial charge in [-0.25, -0.2) is 0 Å². The van der Waals surface area contributed by atoms with Crippen molar-refractivity contribution >= 4 is 5.91 Å². The zero-order valence-corrected chi connectivity index (χ0v) is 16.4. The van der Waals surface area contributed by atoms with Gasteiger partial charge in [0, 0.05) is 25.2 Å². The van der Waals surface area contributed by atoms with Crippen molar-refractivity contribution in [3.05, 3.63) is 59.7 Å². The van der Waals surface area contributed by atoms with Gasteiger partial charge < -0.3 is 14.4 Å². The summed E-state index contributed by atoms with van der Waals surface area (Å²) < 4.78 is 10.9. The van der Waals surface area contributed by atoms with Crippen molar-refractivity contribution in [1.29, 1.82) is 0 Å². The van der Waals surface area contributed by atoms with Crippen LogP contribution in [0.3, 0.4) is 0 Å². The van der Waals surface area contributed by atoms with Crippen LogP contribution in [0.2, 0.25) is 0 Å². The smallest absolute Gasteiger partial charge is 0.236 e. The zero-order chi connectivity index (χ0) is 19.2. The van der Waals surface area contributed by atoms with Crippen LogP contribution in [0.15, 0.2) is 48.5 Å². The van der Waals surface area contributed by atoms with Gasteiger partial charge in [-0.15, -0.1) is 0 Å². The number of likely N-dealkylation sites (tertiary alicyclic amines) is 1. The Morgan fingerprint density at radius 1 is 1.15 bits per heavy atom. The second kappa shape index (κ2) is 8.91. The van der Waals surface area contributed by atoms with E-state index in [1.807, 2.05) is 55.6 Å². The lowest BCUT2D eigenvalue weighted by molar-refractivity contribution is -0.131. The van der Waals surface area contributed by atoms with Gasteiger partial charge in [-0.1, -0.05) is 30.3 Å². The summed E-state index contributed by atoms with van der Waals surface area (Å²) in [5, 5.41) is 0. The highest BCUT2D eigenvalue weighted by Gasteiger charge is 2.30. The highest BCUT2D eigenvalue weighted by atomic mass is 16.5. The van der Waals surface area contributed by atoms with Crippen molar-refractivity contribution in [2.24, 2.45) is 0 Å². The number of ether oxygens (including phenoxy) is 2. The molecular weight excluding hydrogens is 340 g/mol. The molecule has 1 aliphatic heterocycles. The van der Waals surface area contributed by atoms with Crippen LogP contribution in [0.1, 0.15) is 30.0 Å². The monoisotopic (exact) mass is 368 g/mol. The number of carbonyl (C=O) groups is 1. The Bertz CT molecular complexity index is 763. The van der Waals surface area contributed by atoms with E-state index in [4.69, 9.17) is 9.47 Å². The predicted molar refractivity (Wildman–Crippen MR) is 106 cm³/mol. The summed E-state index contributed by atoms with van der Waals surface area (Å²) in [5.74, 6) is 1.79. The number of hydrogen-bond acceptors (Lipinski definition) is 4. The number of methoxy groups -OCH3 is 2. The average molecular weight is 368 g/mol. The second-order valence-corrected chi connectivity index (χ2v) is 6.97. The quantitative estimate of drug-likeness (QED) is 0.750. The van der Waals surface area contributed by atoms with Gasteiger partial charge in [0.15, 0.2) is 0 Å². The lowest BCUT2D eigenvalue weighted by Crippen LogP contribution is -2.37. The molecule has 1 amide bonds. The molecule has 2 aromatic rings. The Kier molecular flexibility index (Phi) is 6.35. The molecule has 27 heavy (non-hydrogen) atoms. The molecule has 144 valence electrons. The van der Waals surface area contributed by atoms with Gasteiger partial charge in [-0.3, -0.25) is 9.69 Å². The predicted octanol–water partition coefficient (Wildman–Crippen LogP) is 3.50. The van der Waals surface area contributed by atoms with Gasteiger partial charge in [-0.2, -0.15) is 0 Å². The molecule has 0 aliphatic carbocycles. The van der Waals surface area contributed by atoms with Crippen molar-refractivity contribution in [2.45, 2.75) is 25.4 Å². The van der Waals surface area contributed by atoms with Crippen LogP contribution in [0.5, 0.6) is 11.5 Å². The summed E-state index contributed by atoms with van der Waals surface area (Å²) >= 11 is 0. The minimum absolute atomic E-state index is 0.132. The molecule has 0 spiro atoms. The summed E-state index contributed by atoms with van der Waals surface area (Å²) in [6.45, 7) is 1.95. The fraction of sp³-hybridized carbons (Fsp3) is 0.409. The van der Waals surface area contributed by atoms with E-state index in [1.165, 1.54) is 0 Å². The fourth-order valence-corrected chi connectivity index (χ4v) is 3.71. The molecule has 0 saturated carbocycles. The molecule has 5 nitrogen and oxygen atoms in total. The van der Waals surface area contributed by atoms with E-state index >= 15 is 0 Å². The maximum absolute atomic E-state index is 12.8. The molecule has 0 aromatic heterocycles. The average Bonchev–Trinajstić information content (AvgIpc) is 3.16. The third-order valence-electron chi connectivity index (χ3n) is 5.19. The normalized spacial score (nSPS) is 16.9. The van der Waals surface area contributed by atoms with E-state index < -0.39 is 0 Å². The highest BCUT2D eigenvalue weighted by Crippen LogP contribution is 2.38. The first-order chi connectivity index (χ1) is 13.1. The topological polar surface area (TPSA) is 42.0 Å². The SMILES string of the molecule is COc1ccc(OC)c([C@@H]2CCCN2CC(=O)N(C)Cc2ccccc2)c1. The Balaban J connectivity index is 1.70. The van der Waals surface area contributed by atoms with Crippen LogP contribution in [-0.4, -0.2) is 50.1 Å². The first kappa shape index (κ1) is 19.2. The van der Waals surface area contributed by atoms with E-state index in [-0.39, 0.29) is 11.9 Å². The maximum atomic E-state index is 12.8. The number of amides is 1. The summed E-state index contributed by atoms with van der Waals surface area (Å²) in [6.07, 6.45) is 2.08. The minimum Gasteiger partial charge on any atom is -0.497 e. The molecule has 1 saturated heterocycles. The van der Waals surface area contributed by atoms with E-state index in [0.717, 1.165) is 42.0 Å². The largest absolute Gasteiger partial charge is 0.497 e. The molecule has 1 heterocycles. The van der Waals surface area contributed by atoms with Gasteiger partial charge in [0.1, 0.15) is 11.5 Å². The van der Waals surface area contributed by atoms with Crippen LogP contribution >= 0.6 is 0 Å². The Labute approximate surface area is 161 Å². The molecular formula is C22H28N2O3. The first-order valence-corrected chi connectivity index (χ1v) is 9.36. The van der Waals surface area contributed by atoms with E-state index in [0.29, 0.717) is 13.1 Å². The number of hydrogen-bond donors (Lipinski definition) is 0. The van der Waals surface area contributed by atoms with Crippen molar-refractivity contribution in [3.63, 3.8) is 0 Å². The van der Waals surface area contributed by atoms with Crippen LogP contribution < -0.4 is 9.47 Å². The molecule has 0 bridgehead atoms. The number of rotatable bonds is 7. The standard InChI is InChI=1S/C22H28N2O3/c1-23(15-17-8-5-4-6-9-17)22(25)16-24-13-7-10-20(24)19-14-18(26-2)11-12-21(19)27-3/h4-6,8-9,11-12,14,20H,7,10,13,15-16H2,1-3H3/t20-/m0/s1. The van der Waals surface area contributed by atoms with Crippen LogP contribution in [0.25, 0.3) is 0 Å². The lowest BCUT2D eigenvalue weighted by atomic mass is 10.0. The number of carbonyl (C=O) groups excluding carboxylic acids is 1. The number of nitrogens with zero attached hydrogens (tertiary/aromatic N) is 2. The minimum atomic E-state index is 0.132. The molecule has 0 unspecified atom stereocenters. The third-order valence-corrected chi connectivity index (χ3v) is 5.19. The molecule has 3 rings (SSSR count). The van der Waals surface area contributed by atoms with Crippen molar-refractivity contribution in [1.82, 2.24) is 9.80 Å². The highest BCUT2D eigenvalue weighted by molar-refractivity contribution is 5.78.